The second kappa shape index (κ2) is 4.00. The summed E-state index contributed by atoms with van der Waals surface area (Å²) in [7, 11) is 0. The topological polar surface area (TPSA) is 24.5 Å². The number of nitrogens with one attached hydrogen (secondary N) is 1. The van der Waals surface area contributed by atoms with Gasteiger partial charge >= 0.3 is 0 Å². The molecule has 0 saturated carbocycles. The number of thiocarbonyl (C=S) groups is 1. The minimum Gasteiger partial charge on any atom is -0.468 e. The molecule has 2 atom stereocenters. The maximum Gasteiger partial charge on any atom is 0.184 e. The van der Waals surface area contributed by atoms with E-state index in [2.05, 4.69) is 24.1 Å². The first-order chi connectivity index (χ1) is 8.53. The van der Waals surface area contributed by atoms with Crippen LogP contribution in [0.4, 0.5) is 0 Å². The summed E-state index contributed by atoms with van der Waals surface area (Å²) in [4.78, 5) is 2.09. The van der Waals surface area contributed by atoms with Crippen molar-refractivity contribution in [1.29, 1.82) is 0 Å². The van der Waals surface area contributed by atoms with Gasteiger partial charge in [-0.2, -0.15) is 0 Å². The number of hydrogen-bond acceptors (Lipinski definition) is 2. The molecule has 5 heteroatoms. The molecule has 0 radical (unpaired) electrons. The lowest BCUT2D eigenvalue weighted by Gasteiger charge is -2.52. The smallest absolute Gasteiger partial charge is 0.184 e. The van der Waals surface area contributed by atoms with Gasteiger partial charge in [-0.25, -0.2) is 0 Å². The van der Waals surface area contributed by atoms with Gasteiger partial charge in [-0.1, -0.05) is 11.6 Å². The maximum absolute atomic E-state index is 6.16. The molecule has 0 unspecified atom stereocenters. The SMILES string of the molecule is CCN1C(=S)N[C@H]2C[C@@]1(C)Oc1ccc(Cl)cc12. The summed E-state index contributed by atoms with van der Waals surface area (Å²) in [5.74, 6) is 0.895. The molecule has 1 N–H and O–H groups in total. The second-order valence-electron chi connectivity index (χ2n) is 4.91. The van der Waals surface area contributed by atoms with Gasteiger partial charge in [0.25, 0.3) is 0 Å². The highest BCUT2D eigenvalue weighted by Gasteiger charge is 2.46. The highest BCUT2D eigenvalue weighted by molar-refractivity contribution is 7.80. The lowest BCUT2D eigenvalue weighted by molar-refractivity contribution is -0.0658. The van der Waals surface area contributed by atoms with Gasteiger partial charge in [0.05, 0.1) is 6.04 Å². The van der Waals surface area contributed by atoms with E-state index < -0.39 is 0 Å². The number of halogens is 1. The molecule has 1 fully saturated rings. The number of benzene rings is 1. The Bertz CT molecular complexity index is 522. The average Bonchev–Trinajstić information content (AvgIpc) is 2.30. The standard InChI is InChI=1S/C13H15ClN2OS/c1-3-16-12(18)15-10-7-13(16,2)17-11-5-4-8(14)6-9(10)11/h4-6,10H,3,7H2,1-2H3,(H,15,18)/t10-,13+/m0/s1. The molecule has 0 amide bonds. The van der Waals surface area contributed by atoms with Crippen molar-refractivity contribution in [2.45, 2.75) is 32.0 Å². The summed E-state index contributed by atoms with van der Waals surface area (Å²) >= 11 is 11.5. The Kier molecular flexibility index (Phi) is 2.68. The van der Waals surface area contributed by atoms with Gasteiger partial charge in [0.1, 0.15) is 5.75 Å². The van der Waals surface area contributed by atoms with E-state index in [1.54, 1.807) is 0 Å². The molecule has 2 aliphatic heterocycles. The molecular formula is C13H15ClN2OS. The predicted molar refractivity (Wildman–Crippen MR) is 76.0 cm³/mol. The third-order valence-corrected chi connectivity index (χ3v) is 4.26. The van der Waals surface area contributed by atoms with Crippen molar-refractivity contribution in [2.75, 3.05) is 6.54 Å². The minimum absolute atomic E-state index is 0.188. The van der Waals surface area contributed by atoms with Crippen molar-refractivity contribution in [3.8, 4) is 5.75 Å². The third-order valence-electron chi connectivity index (χ3n) is 3.69. The molecule has 2 aliphatic rings. The van der Waals surface area contributed by atoms with E-state index in [9.17, 15) is 0 Å². The zero-order valence-electron chi connectivity index (χ0n) is 10.4. The first kappa shape index (κ1) is 12.1. The zero-order valence-corrected chi connectivity index (χ0v) is 11.9. The highest BCUT2D eigenvalue weighted by atomic mass is 35.5. The van der Waals surface area contributed by atoms with Crippen molar-refractivity contribution in [3.05, 3.63) is 28.8 Å². The largest absolute Gasteiger partial charge is 0.468 e. The summed E-state index contributed by atoms with van der Waals surface area (Å²) in [6.07, 6.45) is 0.869. The lowest BCUT2D eigenvalue weighted by atomic mass is 9.91. The number of fused-ring (bicyclic) bond motifs is 4. The van der Waals surface area contributed by atoms with Crippen LogP contribution in [0.15, 0.2) is 18.2 Å². The Labute approximate surface area is 117 Å². The van der Waals surface area contributed by atoms with Crippen molar-refractivity contribution < 1.29 is 4.74 Å². The Hall–Kier alpha value is -1.00. The molecule has 0 spiro atoms. The predicted octanol–water partition coefficient (Wildman–Crippen LogP) is 3.09. The van der Waals surface area contributed by atoms with E-state index in [-0.39, 0.29) is 11.8 Å². The van der Waals surface area contributed by atoms with Crippen LogP contribution in [0.1, 0.15) is 31.9 Å². The van der Waals surface area contributed by atoms with Crippen molar-refractivity contribution in [3.63, 3.8) is 0 Å². The van der Waals surface area contributed by atoms with E-state index in [1.807, 2.05) is 18.2 Å². The number of ether oxygens (including phenoxy) is 1. The van der Waals surface area contributed by atoms with Crippen LogP contribution in [0.25, 0.3) is 0 Å². The second-order valence-corrected chi connectivity index (χ2v) is 5.73. The molecule has 96 valence electrons. The van der Waals surface area contributed by atoms with Crippen LogP contribution in [0.3, 0.4) is 0 Å². The quantitative estimate of drug-likeness (QED) is 0.800. The van der Waals surface area contributed by atoms with Crippen molar-refractivity contribution >= 4 is 28.9 Å². The van der Waals surface area contributed by atoms with E-state index in [4.69, 9.17) is 28.6 Å². The van der Waals surface area contributed by atoms with Gasteiger partial charge in [-0.05, 0) is 44.3 Å². The molecule has 1 aromatic rings. The Balaban J connectivity index is 2.08. The molecule has 18 heavy (non-hydrogen) atoms. The van der Waals surface area contributed by atoms with Gasteiger partial charge in [0, 0.05) is 23.6 Å². The maximum atomic E-state index is 6.16. The monoisotopic (exact) mass is 282 g/mol. The van der Waals surface area contributed by atoms with Gasteiger partial charge in [-0.3, -0.25) is 0 Å². The van der Waals surface area contributed by atoms with Crippen LogP contribution in [-0.2, 0) is 0 Å². The van der Waals surface area contributed by atoms with Crippen LogP contribution in [0.2, 0.25) is 5.02 Å². The highest BCUT2D eigenvalue weighted by Crippen LogP contribution is 2.44. The molecule has 1 aromatic carbocycles. The fourth-order valence-corrected chi connectivity index (χ4v) is 3.51. The normalized spacial score (nSPS) is 29.4. The summed E-state index contributed by atoms with van der Waals surface area (Å²) in [5, 5.41) is 4.86. The lowest BCUT2D eigenvalue weighted by Crippen LogP contribution is -2.64. The van der Waals surface area contributed by atoms with E-state index in [1.165, 1.54) is 0 Å². The zero-order chi connectivity index (χ0) is 12.9. The first-order valence-electron chi connectivity index (χ1n) is 6.10. The molecule has 0 aliphatic carbocycles. The van der Waals surface area contributed by atoms with Crippen molar-refractivity contribution in [2.24, 2.45) is 0 Å². The Morgan fingerprint density at radius 2 is 2.39 bits per heavy atom. The number of nitrogens with zero attached hydrogens (tertiary/aromatic N) is 1. The first-order valence-corrected chi connectivity index (χ1v) is 6.89. The van der Waals surface area contributed by atoms with Gasteiger partial charge < -0.3 is 15.0 Å². The molecule has 2 bridgehead atoms. The van der Waals surface area contributed by atoms with E-state index >= 15 is 0 Å². The summed E-state index contributed by atoms with van der Waals surface area (Å²) in [6, 6.07) is 5.94. The van der Waals surface area contributed by atoms with Gasteiger partial charge in [0.15, 0.2) is 10.8 Å². The van der Waals surface area contributed by atoms with E-state index in [0.29, 0.717) is 0 Å². The van der Waals surface area contributed by atoms with Crippen LogP contribution >= 0.6 is 23.8 Å². The van der Waals surface area contributed by atoms with Crippen LogP contribution in [-0.4, -0.2) is 22.3 Å². The minimum atomic E-state index is -0.359. The summed E-state index contributed by atoms with van der Waals surface area (Å²) in [6.45, 7) is 5.01. The van der Waals surface area contributed by atoms with Crippen LogP contribution < -0.4 is 10.1 Å². The van der Waals surface area contributed by atoms with Gasteiger partial charge in [0.2, 0.25) is 0 Å². The molecular weight excluding hydrogens is 268 g/mol. The molecule has 3 rings (SSSR count). The molecule has 1 saturated heterocycles. The molecule has 3 nitrogen and oxygen atoms in total. The Morgan fingerprint density at radius 3 is 3.11 bits per heavy atom. The van der Waals surface area contributed by atoms with Crippen LogP contribution in [0.5, 0.6) is 5.75 Å². The molecule has 2 heterocycles. The summed E-state index contributed by atoms with van der Waals surface area (Å²) in [5.41, 5.74) is 0.737. The fourth-order valence-electron chi connectivity index (χ4n) is 2.87. The summed E-state index contributed by atoms with van der Waals surface area (Å²) < 4.78 is 6.16. The number of rotatable bonds is 1. The van der Waals surface area contributed by atoms with E-state index in [0.717, 1.165) is 34.4 Å². The van der Waals surface area contributed by atoms with Crippen molar-refractivity contribution in [1.82, 2.24) is 10.2 Å². The number of hydrogen-bond donors (Lipinski definition) is 1. The van der Waals surface area contributed by atoms with Crippen LogP contribution in [0, 0.1) is 0 Å². The average molecular weight is 283 g/mol. The fraction of sp³-hybridized carbons (Fsp3) is 0.462. The van der Waals surface area contributed by atoms with Gasteiger partial charge in [-0.15, -0.1) is 0 Å². The Morgan fingerprint density at radius 1 is 1.61 bits per heavy atom. The third kappa shape index (κ3) is 1.67. The molecule has 0 aromatic heterocycles.